The number of ketones is 1. The second-order valence-corrected chi connectivity index (χ2v) is 3.87. The summed E-state index contributed by atoms with van der Waals surface area (Å²) in [7, 11) is 0. The molecule has 1 N–H and O–H groups in total. The molecule has 0 atom stereocenters. The van der Waals surface area contributed by atoms with E-state index in [1.165, 1.54) is 0 Å². The monoisotopic (exact) mass is 239 g/mol. The van der Waals surface area contributed by atoms with Crippen molar-refractivity contribution in [2.45, 2.75) is 6.92 Å². The second-order valence-electron chi connectivity index (χ2n) is 3.87. The molecule has 18 heavy (non-hydrogen) atoms. The van der Waals surface area contributed by atoms with E-state index in [-0.39, 0.29) is 5.78 Å². The number of Topliss-reactive ketones (excluding diaryl/α,β-unsaturated/α-hetero) is 1. The molecule has 0 spiro atoms. The Morgan fingerprint density at radius 1 is 1.06 bits per heavy atom. The Morgan fingerprint density at radius 2 is 1.67 bits per heavy atom. The fraction of sp³-hybridized carbons (Fsp3) is 0.0667. The van der Waals surface area contributed by atoms with Crippen LogP contribution in [-0.4, -0.2) is 12.0 Å². The molecule has 0 aliphatic rings. The molecular formula is C15H13NO2. The molecule has 2 rings (SSSR count). The van der Waals surface area contributed by atoms with E-state index in [1.54, 1.807) is 24.3 Å². The molecule has 0 saturated carbocycles. The number of carbonyl (C=O) groups is 1. The zero-order valence-electron chi connectivity index (χ0n) is 10.0. The first kappa shape index (κ1) is 12.0. The van der Waals surface area contributed by atoms with Crippen LogP contribution in [0.1, 0.15) is 15.9 Å². The van der Waals surface area contributed by atoms with Crippen molar-refractivity contribution >= 4 is 12.0 Å². The SMILES string of the molecule is Cc1ccccc1Oc1ccccc1C(=O)C=N. The van der Waals surface area contributed by atoms with Crippen molar-refractivity contribution in [2.75, 3.05) is 0 Å². The van der Waals surface area contributed by atoms with E-state index in [0.29, 0.717) is 17.1 Å². The quantitative estimate of drug-likeness (QED) is 0.654. The summed E-state index contributed by atoms with van der Waals surface area (Å²) in [5.74, 6) is 0.821. The normalized spacial score (nSPS) is 9.83. The topological polar surface area (TPSA) is 50.2 Å². The van der Waals surface area contributed by atoms with Gasteiger partial charge in [0.2, 0.25) is 5.78 Å². The van der Waals surface area contributed by atoms with Crippen molar-refractivity contribution in [3.05, 3.63) is 59.7 Å². The third-order valence-electron chi connectivity index (χ3n) is 2.60. The first-order chi connectivity index (χ1) is 8.72. The number of aryl methyl sites for hydroxylation is 1. The van der Waals surface area contributed by atoms with Gasteiger partial charge in [-0.3, -0.25) is 4.79 Å². The molecule has 3 nitrogen and oxygen atoms in total. The zero-order valence-corrected chi connectivity index (χ0v) is 10.0. The van der Waals surface area contributed by atoms with Gasteiger partial charge in [0.25, 0.3) is 0 Å². The van der Waals surface area contributed by atoms with Gasteiger partial charge in [0.05, 0.1) is 11.8 Å². The highest BCUT2D eigenvalue weighted by Gasteiger charge is 2.10. The van der Waals surface area contributed by atoms with Gasteiger partial charge in [-0.05, 0) is 30.7 Å². The Labute approximate surface area is 106 Å². The van der Waals surface area contributed by atoms with Crippen molar-refractivity contribution in [1.29, 1.82) is 5.41 Å². The van der Waals surface area contributed by atoms with Crippen LogP contribution < -0.4 is 4.74 Å². The van der Waals surface area contributed by atoms with Gasteiger partial charge in [-0.1, -0.05) is 30.3 Å². The van der Waals surface area contributed by atoms with Crippen molar-refractivity contribution in [3.8, 4) is 11.5 Å². The Bertz CT molecular complexity index is 591. The molecule has 2 aromatic rings. The largest absolute Gasteiger partial charge is 0.456 e. The number of para-hydroxylation sites is 2. The van der Waals surface area contributed by atoms with Crippen LogP contribution >= 0.6 is 0 Å². The minimum Gasteiger partial charge on any atom is -0.456 e. The third-order valence-corrected chi connectivity index (χ3v) is 2.60. The highest BCUT2D eigenvalue weighted by Crippen LogP contribution is 2.27. The minimum absolute atomic E-state index is 0.362. The van der Waals surface area contributed by atoms with Gasteiger partial charge in [-0.15, -0.1) is 0 Å². The summed E-state index contributed by atoms with van der Waals surface area (Å²) in [6.45, 7) is 1.94. The van der Waals surface area contributed by atoms with E-state index >= 15 is 0 Å². The summed E-state index contributed by atoms with van der Waals surface area (Å²) in [4.78, 5) is 11.6. The third kappa shape index (κ3) is 2.46. The molecule has 0 radical (unpaired) electrons. The predicted octanol–water partition coefficient (Wildman–Crippen LogP) is 3.62. The number of carbonyl (C=O) groups excluding carboxylic acids is 1. The van der Waals surface area contributed by atoms with Crippen LogP contribution in [0.3, 0.4) is 0 Å². The molecule has 0 aromatic heterocycles. The molecular weight excluding hydrogens is 226 g/mol. The van der Waals surface area contributed by atoms with E-state index in [4.69, 9.17) is 10.1 Å². The van der Waals surface area contributed by atoms with Gasteiger partial charge in [0.15, 0.2) is 0 Å². The lowest BCUT2D eigenvalue weighted by molar-refractivity contribution is 0.106. The van der Waals surface area contributed by atoms with Crippen LogP contribution in [0, 0.1) is 12.3 Å². The second kappa shape index (κ2) is 5.27. The molecule has 0 unspecified atom stereocenters. The fourth-order valence-electron chi connectivity index (χ4n) is 1.63. The van der Waals surface area contributed by atoms with E-state index in [2.05, 4.69) is 0 Å². The van der Waals surface area contributed by atoms with Crippen LogP contribution in [0.5, 0.6) is 11.5 Å². The summed E-state index contributed by atoms with van der Waals surface area (Å²) >= 11 is 0. The smallest absolute Gasteiger partial charge is 0.207 e. The lowest BCUT2D eigenvalue weighted by atomic mass is 10.1. The Kier molecular flexibility index (Phi) is 3.53. The summed E-state index contributed by atoms with van der Waals surface area (Å²) < 4.78 is 5.74. The van der Waals surface area contributed by atoms with Crippen LogP contribution in [0.25, 0.3) is 0 Å². The van der Waals surface area contributed by atoms with Gasteiger partial charge < -0.3 is 10.1 Å². The summed E-state index contributed by atoms with van der Waals surface area (Å²) in [5.41, 5.74) is 1.39. The Balaban J connectivity index is 2.38. The number of hydrogen-bond acceptors (Lipinski definition) is 3. The van der Waals surface area contributed by atoms with Gasteiger partial charge in [-0.2, -0.15) is 0 Å². The zero-order chi connectivity index (χ0) is 13.0. The fourth-order valence-corrected chi connectivity index (χ4v) is 1.63. The van der Waals surface area contributed by atoms with E-state index < -0.39 is 0 Å². The van der Waals surface area contributed by atoms with Gasteiger partial charge in [0.1, 0.15) is 11.5 Å². The van der Waals surface area contributed by atoms with Crippen LogP contribution in [0.15, 0.2) is 48.5 Å². The van der Waals surface area contributed by atoms with Crippen molar-refractivity contribution < 1.29 is 9.53 Å². The first-order valence-corrected chi connectivity index (χ1v) is 5.59. The van der Waals surface area contributed by atoms with E-state index in [9.17, 15) is 4.79 Å². The molecule has 2 aromatic carbocycles. The maximum Gasteiger partial charge on any atom is 0.207 e. The lowest BCUT2D eigenvalue weighted by Gasteiger charge is -2.10. The Hall–Kier alpha value is -2.42. The van der Waals surface area contributed by atoms with Crippen molar-refractivity contribution in [1.82, 2.24) is 0 Å². The van der Waals surface area contributed by atoms with Crippen LogP contribution in [-0.2, 0) is 0 Å². The molecule has 0 saturated heterocycles. The van der Waals surface area contributed by atoms with Gasteiger partial charge in [0, 0.05) is 0 Å². The lowest BCUT2D eigenvalue weighted by Crippen LogP contribution is -2.02. The summed E-state index contributed by atoms with van der Waals surface area (Å²) in [6.07, 6.45) is 0.792. The van der Waals surface area contributed by atoms with E-state index in [1.807, 2.05) is 31.2 Å². The number of rotatable bonds is 4. The molecule has 3 heteroatoms. The maximum absolute atomic E-state index is 11.6. The number of benzene rings is 2. The predicted molar refractivity (Wildman–Crippen MR) is 70.8 cm³/mol. The van der Waals surface area contributed by atoms with Crippen LogP contribution in [0.4, 0.5) is 0 Å². The van der Waals surface area contributed by atoms with Crippen LogP contribution in [0.2, 0.25) is 0 Å². The molecule has 90 valence electrons. The molecule has 0 amide bonds. The Morgan fingerprint density at radius 3 is 2.33 bits per heavy atom. The highest BCUT2D eigenvalue weighted by molar-refractivity contribution is 6.35. The molecule has 0 fully saturated rings. The van der Waals surface area contributed by atoms with Gasteiger partial charge >= 0.3 is 0 Å². The first-order valence-electron chi connectivity index (χ1n) is 5.59. The van der Waals surface area contributed by atoms with Gasteiger partial charge in [-0.25, -0.2) is 0 Å². The van der Waals surface area contributed by atoms with Crippen molar-refractivity contribution in [3.63, 3.8) is 0 Å². The molecule has 0 aliphatic heterocycles. The van der Waals surface area contributed by atoms with Crippen molar-refractivity contribution in [2.24, 2.45) is 0 Å². The average molecular weight is 239 g/mol. The van der Waals surface area contributed by atoms with E-state index in [0.717, 1.165) is 11.8 Å². The maximum atomic E-state index is 11.6. The molecule has 0 aliphatic carbocycles. The number of hydrogen-bond donors (Lipinski definition) is 1. The molecule has 0 heterocycles. The average Bonchev–Trinajstić information content (AvgIpc) is 2.41. The standard InChI is InChI=1S/C15H13NO2/c1-11-6-2-4-8-14(11)18-15-9-5-3-7-12(15)13(17)10-16/h2-10,16H,1H3. The molecule has 0 bridgehead atoms. The summed E-state index contributed by atoms with van der Waals surface area (Å²) in [5, 5.41) is 7.03. The highest BCUT2D eigenvalue weighted by atomic mass is 16.5. The number of ether oxygens (including phenoxy) is 1. The number of nitrogens with one attached hydrogen (secondary N) is 1. The summed E-state index contributed by atoms with van der Waals surface area (Å²) in [6, 6.07) is 14.5. The minimum atomic E-state index is -0.362.